The number of nitrogens with zero attached hydrogens (tertiary/aromatic N) is 3. The van der Waals surface area contributed by atoms with Crippen molar-refractivity contribution in [3.8, 4) is 11.3 Å². The predicted molar refractivity (Wildman–Crippen MR) is 111 cm³/mol. The van der Waals surface area contributed by atoms with Gasteiger partial charge in [0.1, 0.15) is 5.69 Å². The Morgan fingerprint density at radius 1 is 0.931 bits per heavy atom. The Morgan fingerprint density at radius 2 is 1.66 bits per heavy atom. The van der Waals surface area contributed by atoms with E-state index in [1.54, 1.807) is 25.1 Å². The number of hydrogen-bond acceptors (Lipinski definition) is 5. The van der Waals surface area contributed by atoms with Crippen LogP contribution in [0.15, 0.2) is 72.8 Å². The molecule has 0 bridgehead atoms. The molecule has 7 heteroatoms. The van der Waals surface area contributed by atoms with Gasteiger partial charge in [0.05, 0.1) is 27.3 Å². The fourth-order valence-electron chi connectivity index (χ4n) is 3.22. The van der Waals surface area contributed by atoms with Crippen molar-refractivity contribution in [1.29, 1.82) is 0 Å². The van der Waals surface area contributed by atoms with E-state index in [1.807, 2.05) is 48.5 Å². The summed E-state index contributed by atoms with van der Waals surface area (Å²) in [4.78, 5) is 24.1. The van der Waals surface area contributed by atoms with Crippen LogP contribution in [0, 0.1) is 17.0 Å². The minimum atomic E-state index is -0.468. The average Bonchev–Trinajstić information content (AvgIpc) is 2.74. The highest BCUT2D eigenvalue weighted by Gasteiger charge is 2.21. The van der Waals surface area contributed by atoms with E-state index >= 15 is 0 Å². The van der Waals surface area contributed by atoms with E-state index in [1.165, 1.54) is 6.07 Å². The Balaban J connectivity index is 1.86. The zero-order valence-electron chi connectivity index (χ0n) is 15.5. The molecule has 0 unspecified atom stereocenters. The molecule has 0 saturated heterocycles. The SMILES string of the molecule is Cc1c(NC(=O)c2c(-c3ccccc3)nnc3ccccc23)cccc1[N+](=O)[O-]. The minimum absolute atomic E-state index is 0.0520. The van der Waals surface area contributed by atoms with Crippen LogP contribution in [-0.4, -0.2) is 21.0 Å². The van der Waals surface area contributed by atoms with Gasteiger partial charge >= 0.3 is 0 Å². The summed E-state index contributed by atoms with van der Waals surface area (Å²) in [6.45, 7) is 1.61. The summed E-state index contributed by atoms with van der Waals surface area (Å²) in [6, 6.07) is 21.1. The average molecular weight is 384 g/mol. The zero-order chi connectivity index (χ0) is 20.4. The summed E-state index contributed by atoms with van der Waals surface area (Å²) in [7, 11) is 0. The van der Waals surface area contributed by atoms with Crippen LogP contribution in [0.3, 0.4) is 0 Å². The van der Waals surface area contributed by atoms with Crippen molar-refractivity contribution in [3.05, 3.63) is 94.0 Å². The number of fused-ring (bicyclic) bond motifs is 1. The molecule has 0 atom stereocenters. The highest BCUT2D eigenvalue weighted by Crippen LogP contribution is 2.30. The van der Waals surface area contributed by atoms with E-state index in [0.717, 1.165) is 5.56 Å². The molecule has 1 N–H and O–H groups in total. The zero-order valence-corrected chi connectivity index (χ0v) is 15.5. The first-order valence-electron chi connectivity index (χ1n) is 8.92. The number of aromatic nitrogens is 2. The molecule has 3 aromatic carbocycles. The molecular formula is C22H16N4O3. The monoisotopic (exact) mass is 384 g/mol. The van der Waals surface area contributed by atoms with Gasteiger partial charge in [0.2, 0.25) is 0 Å². The van der Waals surface area contributed by atoms with Gasteiger partial charge in [-0.1, -0.05) is 54.6 Å². The number of carbonyl (C=O) groups is 1. The van der Waals surface area contributed by atoms with Gasteiger partial charge in [-0.05, 0) is 19.1 Å². The Bertz CT molecular complexity index is 1240. The molecule has 29 heavy (non-hydrogen) atoms. The van der Waals surface area contributed by atoms with Gasteiger partial charge < -0.3 is 5.32 Å². The van der Waals surface area contributed by atoms with Gasteiger partial charge in [0.15, 0.2) is 0 Å². The summed E-state index contributed by atoms with van der Waals surface area (Å²) in [5, 5.41) is 23.2. The molecule has 1 amide bonds. The van der Waals surface area contributed by atoms with Crippen LogP contribution in [0.25, 0.3) is 22.2 Å². The first kappa shape index (κ1) is 18.2. The van der Waals surface area contributed by atoms with Crippen molar-refractivity contribution < 1.29 is 9.72 Å². The third kappa shape index (κ3) is 3.41. The van der Waals surface area contributed by atoms with E-state index in [-0.39, 0.29) is 5.69 Å². The molecule has 0 spiro atoms. The van der Waals surface area contributed by atoms with E-state index in [9.17, 15) is 14.9 Å². The smallest absolute Gasteiger partial charge is 0.274 e. The number of benzene rings is 3. The number of nitro groups is 1. The van der Waals surface area contributed by atoms with Crippen LogP contribution in [0.5, 0.6) is 0 Å². The molecular weight excluding hydrogens is 368 g/mol. The van der Waals surface area contributed by atoms with Gasteiger partial charge in [-0.3, -0.25) is 14.9 Å². The summed E-state index contributed by atoms with van der Waals surface area (Å²) in [5.74, 6) is -0.404. The fraction of sp³-hybridized carbons (Fsp3) is 0.0455. The van der Waals surface area contributed by atoms with Gasteiger partial charge in [-0.25, -0.2) is 0 Å². The number of rotatable bonds is 4. The summed E-state index contributed by atoms with van der Waals surface area (Å²) >= 11 is 0. The first-order chi connectivity index (χ1) is 14.1. The van der Waals surface area contributed by atoms with Crippen LogP contribution in [-0.2, 0) is 0 Å². The highest BCUT2D eigenvalue weighted by atomic mass is 16.6. The maximum absolute atomic E-state index is 13.3. The van der Waals surface area contributed by atoms with Crippen molar-refractivity contribution in [3.63, 3.8) is 0 Å². The molecule has 1 heterocycles. The van der Waals surface area contributed by atoms with E-state index in [4.69, 9.17) is 0 Å². The molecule has 0 aliphatic carbocycles. The van der Waals surface area contributed by atoms with Crippen molar-refractivity contribution in [1.82, 2.24) is 10.2 Å². The fourth-order valence-corrected chi connectivity index (χ4v) is 3.22. The normalized spacial score (nSPS) is 10.7. The molecule has 0 aliphatic heterocycles. The lowest BCUT2D eigenvalue weighted by molar-refractivity contribution is -0.385. The molecule has 1 aromatic heterocycles. The van der Waals surface area contributed by atoms with Crippen LogP contribution >= 0.6 is 0 Å². The summed E-state index contributed by atoms with van der Waals surface area (Å²) < 4.78 is 0. The Labute approximate surface area is 166 Å². The van der Waals surface area contributed by atoms with Gasteiger partial charge in [-0.15, -0.1) is 10.2 Å². The number of nitrogens with one attached hydrogen (secondary N) is 1. The standard InChI is InChI=1S/C22H16N4O3/c1-14-17(12-7-13-19(14)26(28)29)23-22(27)20-16-10-5-6-11-18(16)24-25-21(20)15-8-3-2-4-9-15/h2-13H,1H3,(H,23,27). The second-order valence-corrected chi connectivity index (χ2v) is 6.47. The second kappa shape index (κ2) is 7.47. The van der Waals surface area contributed by atoms with Gasteiger partial charge in [0.25, 0.3) is 11.6 Å². The number of carbonyl (C=O) groups excluding carboxylic acids is 1. The van der Waals surface area contributed by atoms with E-state index < -0.39 is 10.8 Å². The van der Waals surface area contributed by atoms with Crippen molar-refractivity contribution >= 4 is 28.2 Å². The predicted octanol–water partition coefficient (Wildman–Crippen LogP) is 4.77. The van der Waals surface area contributed by atoms with Gasteiger partial charge in [-0.2, -0.15) is 0 Å². The molecule has 0 aliphatic rings. The Kier molecular flexibility index (Phi) is 4.70. The Hall–Kier alpha value is -4.13. The number of hydrogen-bond donors (Lipinski definition) is 1. The number of nitro benzene ring substituents is 1. The quantitative estimate of drug-likeness (QED) is 0.404. The Morgan fingerprint density at radius 3 is 2.41 bits per heavy atom. The lowest BCUT2D eigenvalue weighted by Crippen LogP contribution is -2.16. The third-order valence-corrected chi connectivity index (χ3v) is 4.69. The maximum atomic E-state index is 13.3. The molecule has 0 saturated carbocycles. The summed E-state index contributed by atoms with van der Waals surface area (Å²) in [5.41, 5.74) is 2.88. The van der Waals surface area contributed by atoms with E-state index in [0.29, 0.717) is 33.4 Å². The molecule has 4 aromatic rings. The molecule has 142 valence electrons. The van der Waals surface area contributed by atoms with Crippen molar-refractivity contribution in [2.45, 2.75) is 6.92 Å². The maximum Gasteiger partial charge on any atom is 0.274 e. The largest absolute Gasteiger partial charge is 0.321 e. The molecule has 0 fully saturated rings. The molecule has 0 radical (unpaired) electrons. The topological polar surface area (TPSA) is 98.0 Å². The molecule has 7 nitrogen and oxygen atoms in total. The van der Waals surface area contributed by atoms with Crippen LogP contribution in [0.1, 0.15) is 15.9 Å². The number of anilines is 1. The van der Waals surface area contributed by atoms with E-state index in [2.05, 4.69) is 15.5 Å². The van der Waals surface area contributed by atoms with Crippen LogP contribution in [0.4, 0.5) is 11.4 Å². The van der Waals surface area contributed by atoms with Gasteiger partial charge in [0, 0.05) is 17.0 Å². The lowest BCUT2D eigenvalue weighted by atomic mass is 10.0. The minimum Gasteiger partial charge on any atom is -0.321 e. The van der Waals surface area contributed by atoms with Crippen LogP contribution < -0.4 is 5.32 Å². The first-order valence-corrected chi connectivity index (χ1v) is 8.92. The lowest BCUT2D eigenvalue weighted by Gasteiger charge is -2.13. The van der Waals surface area contributed by atoms with Crippen molar-refractivity contribution in [2.75, 3.05) is 5.32 Å². The highest BCUT2D eigenvalue weighted by molar-refractivity contribution is 6.16. The summed E-state index contributed by atoms with van der Waals surface area (Å²) in [6.07, 6.45) is 0. The number of amides is 1. The molecule has 4 rings (SSSR count). The third-order valence-electron chi connectivity index (χ3n) is 4.69. The second-order valence-electron chi connectivity index (χ2n) is 6.47. The van der Waals surface area contributed by atoms with Crippen molar-refractivity contribution in [2.24, 2.45) is 0 Å². The van der Waals surface area contributed by atoms with Crippen LogP contribution in [0.2, 0.25) is 0 Å².